The first-order valence-corrected chi connectivity index (χ1v) is 7.40. The molecule has 0 saturated heterocycles. The van der Waals surface area contributed by atoms with Crippen LogP contribution in [0.3, 0.4) is 0 Å². The number of benzene rings is 1. The highest BCUT2D eigenvalue weighted by Crippen LogP contribution is 2.29. The van der Waals surface area contributed by atoms with E-state index in [0.29, 0.717) is 23.9 Å². The van der Waals surface area contributed by atoms with Gasteiger partial charge in [-0.25, -0.2) is 0 Å². The molecule has 0 heterocycles. The van der Waals surface area contributed by atoms with Crippen LogP contribution in [0.2, 0.25) is 5.02 Å². The number of hydrogen-bond donors (Lipinski definition) is 1. The van der Waals surface area contributed by atoms with Gasteiger partial charge in [-0.1, -0.05) is 24.6 Å². The fraction of sp³-hybridized carbons (Fsp3) is 0.600. The molecule has 1 atom stereocenters. The number of nitrogens with zero attached hydrogens (tertiary/aromatic N) is 1. The summed E-state index contributed by atoms with van der Waals surface area (Å²) in [5.74, 6) is 0.684. The van der Waals surface area contributed by atoms with Gasteiger partial charge in [-0.2, -0.15) is 0 Å². The van der Waals surface area contributed by atoms with E-state index in [1.54, 1.807) is 7.11 Å². The number of methoxy groups -OCH3 is 1. The van der Waals surface area contributed by atoms with Gasteiger partial charge in [-0.15, -0.1) is 0 Å². The third kappa shape index (κ3) is 4.63. The maximum atomic E-state index is 6.20. The molecule has 1 aromatic rings. The summed E-state index contributed by atoms with van der Waals surface area (Å²) in [5.41, 5.74) is 7.06. The van der Waals surface area contributed by atoms with E-state index in [1.165, 1.54) is 0 Å². The molecule has 1 aromatic carbocycles. The van der Waals surface area contributed by atoms with Crippen LogP contribution >= 0.6 is 11.6 Å². The van der Waals surface area contributed by atoms with Crippen molar-refractivity contribution in [2.45, 2.75) is 19.9 Å². The predicted octanol–water partition coefficient (Wildman–Crippen LogP) is 2.71. The number of likely N-dealkylation sites (N-methyl/N-ethyl adjacent to an activating group) is 1. The Morgan fingerprint density at radius 3 is 2.60 bits per heavy atom. The van der Waals surface area contributed by atoms with Crippen LogP contribution in [0, 0.1) is 0 Å². The van der Waals surface area contributed by atoms with E-state index in [1.807, 2.05) is 25.1 Å². The van der Waals surface area contributed by atoms with Gasteiger partial charge in [-0.3, -0.25) is 4.90 Å². The molecule has 4 nitrogen and oxygen atoms in total. The highest BCUT2D eigenvalue weighted by Gasteiger charge is 2.18. The summed E-state index contributed by atoms with van der Waals surface area (Å²) in [5, 5.41) is 0.615. The number of hydrogen-bond acceptors (Lipinski definition) is 4. The molecule has 114 valence electrons. The van der Waals surface area contributed by atoms with E-state index >= 15 is 0 Å². The lowest BCUT2D eigenvalue weighted by Crippen LogP contribution is -2.36. The fourth-order valence-corrected chi connectivity index (χ4v) is 2.51. The largest absolute Gasteiger partial charge is 0.495 e. The van der Waals surface area contributed by atoms with E-state index in [-0.39, 0.29) is 6.04 Å². The Bertz CT molecular complexity index is 401. The van der Waals surface area contributed by atoms with E-state index in [4.69, 9.17) is 26.8 Å². The second-order valence-electron chi connectivity index (χ2n) is 4.47. The van der Waals surface area contributed by atoms with Crippen molar-refractivity contribution in [2.24, 2.45) is 5.73 Å². The van der Waals surface area contributed by atoms with Gasteiger partial charge < -0.3 is 15.2 Å². The fourth-order valence-electron chi connectivity index (χ4n) is 2.25. The average Bonchev–Trinajstić information content (AvgIpc) is 2.46. The molecular formula is C15H25ClN2O2. The summed E-state index contributed by atoms with van der Waals surface area (Å²) >= 11 is 6.20. The molecule has 0 aliphatic heterocycles. The van der Waals surface area contributed by atoms with Gasteiger partial charge in [0.05, 0.1) is 18.7 Å². The van der Waals surface area contributed by atoms with Gasteiger partial charge in [0.15, 0.2) is 0 Å². The van der Waals surface area contributed by atoms with Gasteiger partial charge in [0.1, 0.15) is 5.75 Å². The van der Waals surface area contributed by atoms with Crippen LogP contribution < -0.4 is 10.5 Å². The van der Waals surface area contributed by atoms with Crippen LogP contribution in [0.5, 0.6) is 5.75 Å². The summed E-state index contributed by atoms with van der Waals surface area (Å²) in [6.07, 6.45) is 0. The Morgan fingerprint density at radius 2 is 2.10 bits per heavy atom. The third-order valence-electron chi connectivity index (χ3n) is 3.36. The molecule has 0 spiro atoms. The van der Waals surface area contributed by atoms with Crippen molar-refractivity contribution < 1.29 is 9.47 Å². The molecule has 0 aliphatic rings. The first-order chi connectivity index (χ1) is 9.67. The Balaban J connectivity index is 2.84. The van der Waals surface area contributed by atoms with Crippen LogP contribution in [0.15, 0.2) is 18.2 Å². The highest BCUT2D eigenvalue weighted by atomic mass is 35.5. The van der Waals surface area contributed by atoms with Crippen molar-refractivity contribution in [3.8, 4) is 5.75 Å². The van der Waals surface area contributed by atoms with E-state index < -0.39 is 0 Å². The van der Waals surface area contributed by atoms with Gasteiger partial charge in [0.25, 0.3) is 0 Å². The van der Waals surface area contributed by atoms with Crippen molar-refractivity contribution >= 4 is 11.6 Å². The minimum Gasteiger partial charge on any atom is -0.495 e. The molecule has 1 unspecified atom stereocenters. The zero-order chi connectivity index (χ0) is 15.0. The summed E-state index contributed by atoms with van der Waals surface area (Å²) in [4.78, 5) is 2.30. The van der Waals surface area contributed by atoms with Crippen LogP contribution in [0.1, 0.15) is 25.5 Å². The van der Waals surface area contributed by atoms with Crippen molar-refractivity contribution in [3.63, 3.8) is 0 Å². The molecular weight excluding hydrogens is 276 g/mol. The molecule has 0 aromatic heterocycles. The zero-order valence-electron chi connectivity index (χ0n) is 12.6. The summed E-state index contributed by atoms with van der Waals surface area (Å²) < 4.78 is 10.6. The molecule has 0 radical (unpaired) electrons. The molecule has 20 heavy (non-hydrogen) atoms. The molecule has 0 bridgehead atoms. The Hall–Kier alpha value is -0.810. The van der Waals surface area contributed by atoms with Crippen molar-refractivity contribution in [3.05, 3.63) is 28.8 Å². The maximum Gasteiger partial charge on any atom is 0.137 e. The quantitative estimate of drug-likeness (QED) is 0.712. The topological polar surface area (TPSA) is 47.7 Å². The first kappa shape index (κ1) is 17.2. The van der Waals surface area contributed by atoms with Crippen molar-refractivity contribution in [2.75, 3.05) is 40.0 Å². The van der Waals surface area contributed by atoms with Gasteiger partial charge in [-0.05, 0) is 31.2 Å². The maximum absolute atomic E-state index is 6.20. The summed E-state index contributed by atoms with van der Waals surface area (Å²) in [6, 6.07) is 5.98. The van der Waals surface area contributed by atoms with Gasteiger partial charge >= 0.3 is 0 Å². The Morgan fingerprint density at radius 1 is 1.35 bits per heavy atom. The average molecular weight is 301 g/mol. The SMILES string of the molecule is CCOCCN(CC)C(CN)c1ccc(OC)c(Cl)c1. The van der Waals surface area contributed by atoms with Gasteiger partial charge in [0, 0.05) is 25.7 Å². The third-order valence-corrected chi connectivity index (χ3v) is 3.65. The highest BCUT2D eigenvalue weighted by molar-refractivity contribution is 6.32. The van der Waals surface area contributed by atoms with Gasteiger partial charge in [0.2, 0.25) is 0 Å². The molecule has 0 fully saturated rings. The van der Waals surface area contributed by atoms with E-state index in [9.17, 15) is 0 Å². The Labute approximate surface area is 126 Å². The number of ether oxygens (including phenoxy) is 2. The van der Waals surface area contributed by atoms with E-state index in [0.717, 1.165) is 25.3 Å². The number of rotatable bonds is 9. The smallest absolute Gasteiger partial charge is 0.137 e. The Kier molecular flexibility index (Phi) is 7.92. The minimum absolute atomic E-state index is 0.142. The normalized spacial score (nSPS) is 12.7. The first-order valence-electron chi connectivity index (χ1n) is 7.03. The lowest BCUT2D eigenvalue weighted by molar-refractivity contribution is 0.0980. The van der Waals surface area contributed by atoms with Crippen LogP contribution in [0.25, 0.3) is 0 Å². The predicted molar refractivity (Wildman–Crippen MR) is 83.5 cm³/mol. The van der Waals surface area contributed by atoms with Crippen molar-refractivity contribution in [1.82, 2.24) is 4.90 Å². The molecule has 0 amide bonds. The van der Waals surface area contributed by atoms with Crippen LogP contribution in [0.4, 0.5) is 0 Å². The van der Waals surface area contributed by atoms with E-state index in [2.05, 4.69) is 11.8 Å². The molecule has 0 aliphatic carbocycles. The lowest BCUT2D eigenvalue weighted by atomic mass is 10.0. The lowest BCUT2D eigenvalue weighted by Gasteiger charge is -2.30. The number of nitrogens with two attached hydrogens (primary N) is 1. The van der Waals surface area contributed by atoms with Crippen LogP contribution in [-0.4, -0.2) is 44.9 Å². The second-order valence-corrected chi connectivity index (χ2v) is 4.88. The number of halogens is 1. The molecule has 1 rings (SSSR count). The summed E-state index contributed by atoms with van der Waals surface area (Å²) in [7, 11) is 1.61. The molecule has 0 saturated carbocycles. The standard InChI is InChI=1S/C15H25ClN2O2/c1-4-18(8-9-20-5-2)14(11-17)12-6-7-15(19-3)13(16)10-12/h6-7,10,14H,4-5,8-9,11,17H2,1-3H3. The molecule has 2 N–H and O–H groups in total. The minimum atomic E-state index is 0.142. The van der Waals surface area contributed by atoms with Crippen LogP contribution in [-0.2, 0) is 4.74 Å². The molecule has 5 heteroatoms. The van der Waals surface area contributed by atoms with Crippen molar-refractivity contribution in [1.29, 1.82) is 0 Å². The second kappa shape index (κ2) is 9.19. The zero-order valence-corrected chi connectivity index (χ0v) is 13.3. The monoisotopic (exact) mass is 300 g/mol. The summed E-state index contributed by atoms with van der Waals surface area (Å²) in [6.45, 7) is 7.89.